The molecule has 2 aromatic carbocycles. The number of hydrogen-bond donors (Lipinski definition) is 1. The molecule has 0 fully saturated rings. The number of rotatable bonds is 3. The van der Waals surface area contributed by atoms with Crippen molar-refractivity contribution in [3.63, 3.8) is 0 Å². The highest BCUT2D eigenvalue weighted by Gasteiger charge is 2.00. The van der Waals surface area contributed by atoms with E-state index in [0.29, 0.717) is 5.02 Å². The molecule has 0 radical (unpaired) electrons. The van der Waals surface area contributed by atoms with Crippen LogP contribution in [0.25, 0.3) is 0 Å². The Morgan fingerprint density at radius 2 is 1.41 bits per heavy atom. The molecule has 0 aliphatic carbocycles. The smallest absolute Gasteiger partial charge is 0.127 e. The zero-order chi connectivity index (χ0) is 12.3. The topological polar surface area (TPSA) is 35.2 Å². The van der Waals surface area contributed by atoms with E-state index in [1.165, 1.54) is 0 Å². The van der Waals surface area contributed by atoms with Gasteiger partial charge in [0.2, 0.25) is 0 Å². The second-order valence-electron chi connectivity index (χ2n) is 3.91. The quantitative estimate of drug-likeness (QED) is 0.884. The van der Waals surface area contributed by atoms with Crippen LogP contribution < -0.4 is 10.5 Å². The molecule has 0 amide bonds. The van der Waals surface area contributed by atoms with Gasteiger partial charge in [-0.15, -0.1) is 0 Å². The van der Waals surface area contributed by atoms with Crippen molar-refractivity contribution in [2.24, 2.45) is 5.73 Å². The Kier molecular flexibility index (Phi) is 3.67. The minimum Gasteiger partial charge on any atom is -0.457 e. The Morgan fingerprint density at radius 1 is 0.941 bits per heavy atom. The maximum atomic E-state index is 5.80. The van der Waals surface area contributed by atoms with Crippen LogP contribution in [0.15, 0.2) is 48.5 Å². The van der Waals surface area contributed by atoms with Gasteiger partial charge in [0.25, 0.3) is 0 Å². The SMILES string of the molecule is C[C@@H](N)c1ccc(Oc2ccc(Cl)cc2)cc1. The molecule has 0 aromatic heterocycles. The summed E-state index contributed by atoms with van der Waals surface area (Å²) in [4.78, 5) is 0. The van der Waals surface area contributed by atoms with E-state index in [2.05, 4.69) is 0 Å². The van der Waals surface area contributed by atoms with Crippen LogP contribution in [0.3, 0.4) is 0 Å². The Hall–Kier alpha value is -1.51. The predicted molar refractivity (Wildman–Crippen MR) is 70.6 cm³/mol. The highest BCUT2D eigenvalue weighted by molar-refractivity contribution is 6.30. The van der Waals surface area contributed by atoms with E-state index >= 15 is 0 Å². The first kappa shape index (κ1) is 12.0. The average molecular weight is 248 g/mol. The third-order valence-corrected chi connectivity index (χ3v) is 2.71. The van der Waals surface area contributed by atoms with Crippen LogP contribution in [0.1, 0.15) is 18.5 Å². The summed E-state index contributed by atoms with van der Waals surface area (Å²) in [5.74, 6) is 1.56. The van der Waals surface area contributed by atoms with Gasteiger partial charge in [-0.05, 0) is 48.9 Å². The highest BCUT2D eigenvalue weighted by atomic mass is 35.5. The van der Waals surface area contributed by atoms with Crippen molar-refractivity contribution < 1.29 is 4.74 Å². The van der Waals surface area contributed by atoms with Gasteiger partial charge >= 0.3 is 0 Å². The Bertz CT molecular complexity index is 477. The number of ether oxygens (including phenoxy) is 1. The summed E-state index contributed by atoms with van der Waals surface area (Å²) in [5.41, 5.74) is 6.87. The minimum absolute atomic E-state index is 0.0413. The summed E-state index contributed by atoms with van der Waals surface area (Å²) in [5, 5.41) is 0.699. The first-order chi connectivity index (χ1) is 8.15. The average Bonchev–Trinajstić information content (AvgIpc) is 2.33. The van der Waals surface area contributed by atoms with Crippen LogP contribution in [0.2, 0.25) is 5.02 Å². The van der Waals surface area contributed by atoms with Gasteiger partial charge in [-0.1, -0.05) is 23.7 Å². The molecule has 0 saturated carbocycles. The molecule has 2 N–H and O–H groups in total. The number of halogens is 1. The molecule has 0 aliphatic rings. The fraction of sp³-hybridized carbons (Fsp3) is 0.143. The van der Waals surface area contributed by atoms with Gasteiger partial charge in [-0.25, -0.2) is 0 Å². The van der Waals surface area contributed by atoms with Gasteiger partial charge in [0.1, 0.15) is 11.5 Å². The second kappa shape index (κ2) is 5.21. The van der Waals surface area contributed by atoms with Crippen molar-refractivity contribution >= 4 is 11.6 Å². The third-order valence-electron chi connectivity index (χ3n) is 2.46. The monoisotopic (exact) mass is 247 g/mol. The van der Waals surface area contributed by atoms with Gasteiger partial charge in [0.15, 0.2) is 0 Å². The molecule has 0 heterocycles. The lowest BCUT2D eigenvalue weighted by atomic mass is 10.1. The zero-order valence-corrected chi connectivity index (χ0v) is 10.3. The van der Waals surface area contributed by atoms with Crippen molar-refractivity contribution in [2.75, 3.05) is 0 Å². The highest BCUT2D eigenvalue weighted by Crippen LogP contribution is 2.24. The summed E-state index contributed by atoms with van der Waals surface area (Å²) in [6.07, 6.45) is 0. The summed E-state index contributed by atoms with van der Waals surface area (Å²) in [7, 11) is 0. The van der Waals surface area contributed by atoms with Gasteiger partial charge in [0.05, 0.1) is 0 Å². The molecule has 3 heteroatoms. The van der Waals surface area contributed by atoms with Gasteiger partial charge in [-0.2, -0.15) is 0 Å². The lowest BCUT2D eigenvalue weighted by molar-refractivity contribution is 0.482. The molecule has 0 spiro atoms. The Labute approximate surface area is 106 Å². The first-order valence-corrected chi connectivity index (χ1v) is 5.82. The van der Waals surface area contributed by atoms with Crippen LogP contribution in [0.5, 0.6) is 11.5 Å². The number of benzene rings is 2. The van der Waals surface area contributed by atoms with Gasteiger partial charge in [-0.3, -0.25) is 0 Å². The van der Waals surface area contributed by atoms with Gasteiger partial charge in [0, 0.05) is 11.1 Å². The molecular weight excluding hydrogens is 234 g/mol. The fourth-order valence-electron chi connectivity index (χ4n) is 1.48. The zero-order valence-electron chi connectivity index (χ0n) is 9.56. The van der Waals surface area contributed by atoms with E-state index in [0.717, 1.165) is 17.1 Å². The van der Waals surface area contributed by atoms with E-state index in [-0.39, 0.29) is 6.04 Å². The molecule has 1 atom stereocenters. The fourth-order valence-corrected chi connectivity index (χ4v) is 1.60. The molecule has 0 saturated heterocycles. The van der Waals surface area contributed by atoms with Crippen molar-refractivity contribution in [1.29, 1.82) is 0 Å². The molecular formula is C14H14ClNO. The van der Waals surface area contributed by atoms with Crippen LogP contribution in [0, 0.1) is 0 Å². The van der Waals surface area contributed by atoms with Crippen LogP contribution >= 0.6 is 11.6 Å². The molecule has 0 bridgehead atoms. The predicted octanol–water partition coefficient (Wildman–Crippen LogP) is 4.15. The molecule has 2 nitrogen and oxygen atoms in total. The van der Waals surface area contributed by atoms with Crippen LogP contribution in [-0.4, -0.2) is 0 Å². The number of nitrogens with two attached hydrogens (primary N) is 1. The largest absolute Gasteiger partial charge is 0.457 e. The Morgan fingerprint density at radius 3 is 1.88 bits per heavy atom. The van der Waals surface area contributed by atoms with Crippen molar-refractivity contribution in [1.82, 2.24) is 0 Å². The molecule has 0 aliphatic heterocycles. The van der Waals surface area contributed by atoms with E-state index in [4.69, 9.17) is 22.1 Å². The van der Waals surface area contributed by atoms with Crippen molar-refractivity contribution in [2.45, 2.75) is 13.0 Å². The summed E-state index contributed by atoms with van der Waals surface area (Å²) in [6, 6.07) is 15.1. The first-order valence-electron chi connectivity index (χ1n) is 5.44. The summed E-state index contributed by atoms with van der Waals surface area (Å²) >= 11 is 5.80. The van der Waals surface area contributed by atoms with Crippen molar-refractivity contribution in [3.8, 4) is 11.5 Å². The van der Waals surface area contributed by atoms with Crippen LogP contribution in [-0.2, 0) is 0 Å². The number of hydrogen-bond acceptors (Lipinski definition) is 2. The summed E-state index contributed by atoms with van der Waals surface area (Å²) in [6.45, 7) is 1.95. The maximum Gasteiger partial charge on any atom is 0.127 e. The molecule has 2 aromatic rings. The standard InChI is InChI=1S/C14H14ClNO/c1-10(16)11-2-6-13(7-3-11)17-14-8-4-12(15)5-9-14/h2-10H,16H2,1H3/t10-/m1/s1. The van der Waals surface area contributed by atoms with E-state index in [1.807, 2.05) is 43.3 Å². The molecule has 88 valence electrons. The van der Waals surface area contributed by atoms with E-state index in [1.54, 1.807) is 12.1 Å². The Balaban J connectivity index is 2.11. The molecule has 2 rings (SSSR count). The molecule has 0 unspecified atom stereocenters. The third kappa shape index (κ3) is 3.22. The summed E-state index contributed by atoms with van der Waals surface area (Å²) < 4.78 is 5.67. The van der Waals surface area contributed by atoms with E-state index in [9.17, 15) is 0 Å². The second-order valence-corrected chi connectivity index (χ2v) is 4.35. The minimum atomic E-state index is 0.0413. The maximum absolute atomic E-state index is 5.80. The van der Waals surface area contributed by atoms with E-state index < -0.39 is 0 Å². The normalized spacial score (nSPS) is 12.2. The van der Waals surface area contributed by atoms with Gasteiger partial charge < -0.3 is 10.5 Å². The lowest BCUT2D eigenvalue weighted by Gasteiger charge is -2.08. The molecule has 17 heavy (non-hydrogen) atoms. The van der Waals surface area contributed by atoms with Crippen LogP contribution in [0.4, 0.5) is 0 Å². The lowest BCUT2D eigenvalue weighted by Crippen LogP contribution is -2.04. The van der Waals surface area contributed by atoms with Crippen molar-refractivity contribution in [3.05, 3.63) is 59.1 Å².